The fraction of sp³-hybridized carbons (Fsp3) is 0.200. The van der Waals surface area contributed by atoms with E-state index in [1.807, 2.05) is 6.92 Å². The van der Waals surface area contributed by atoms with Crippen LogP contribution in [-0.2, 0) is 4.74 Å². The largest absolute Gasteiger partial charge is 0.494 e. The lowest BCUT2D eigenvalue weighted by atomic mass is 9.80. The fourth-order valence-corrected chi connectivity index (χ4v) is 1.10. The summed E-state index contributed by atoms with van der Waals surface area (Å²) >= 11 is 0. The molecule has 0 aliphatic heterocycles. The zero-order valence-corrected chi connectivity index (χ0v) is 8.10. The van der Waals surface area contributed by atoms with Crippen molar-refractivity contribution in [3.8, 4) is 0 Å². The Morgan fingerprint density at radius 3 is 2.36 bits per heavy atom. The molecule has 0 saturated heterocycles. The summed E-state index contributed by atoms with van der Waals surface area (Å²) in [5, 5.41) is 17.7. The monoisotopic (exact) mass is 192 g/mol. The Morgan fingerprint density at radius 1 is 1.36 bits per heavy atom. The minimum atomic E-state index is -1.43. The van der Waals surface area contributed by atoms with Crippen molar-refractivity contribution in [3.05, 3.63) is 36.4 Å². The first-order chi connectivity index (χ1) is 6.65. The van der Waals surface area contributed by atoms with Crippen LogP contribution in [0.2, 0.25) is 0 Å². The molecule has 0 aliphatic rings. The molecule has 1 rings (SSSR count). The molecule has 0 radical (unpaired) electrons. The van der Waals surface area contributed by atoms with Crippen molar-refractivity contribution in [2.75, 3.05) is 6.61 Å². The highest BCUT2D eigenvalue weighted by Gasteiger charge is 2.10. The van der Waals surface area contributed by atoms with Gasteiger partial charge in [-0.25, -0.2) is 0 Å². The van der Waals surface area contributed by atoms with Crippen LogP contribution in [0.5, 0.6) is 0 Å². The Morgan fingerprint density at radius 2 is 1.93 bits per heavy atom. The summed E-state index contributed by atoms with van der Waals surface area (Å²) in [5.74, 6) is 0.589. The molecule has 0 bridgehead atoms. The van der Waals surface area contributed by atoms with E-state index in [1.165, 1.54) is 0 Å². The highest BCUT2D eigenvalue weighted by Crippen LogP contribution is 2.11. The van der Waals surface area contributed by atoms with Crippen molar-refractivity contribution >= 4 is 18.3 Å². The van der Waals surface area contributed by atoms with E-state index in [2.05, 4.69) is 6.58 Å². The highest BCUT2D eigenvalue weighted by molar-refractivity contribution is 6.58. The van der Waals surface area contributed by atoms with Gasteiger partial charge in [0, 0.05) is 5.56 Å². The van der Waals surface area contributed by atoms with E-state index in [4.69, 9.17) is 14.8 Å². The molecule has 0 amide bonds. The second-order valence-corrected chi connectivity index (χ2v) is 2.85. The summed E-state index contributed by atoms with van der Waals surface area (Å²) < 4.78 is 5.21. The number of hydrogen-bond donors (Lipinski definition) is 2. The molecule has 14 heavy (non-hydrogen) atoms. The summed E-state index contributed by atoms with van der Waals surface area (Å²) in [6, 6.07) is 6.74. The first-order valence-corrected chi connectivity index (χ1v) is 4.43. The van der Waals surface area contributed by atoms with Crippen LogP contribution in [0.4, 0.5) is 0 Å². The minimum Gasteiger partial charge on any atom is -0.494 e. The lowest BCUT2D eigenvalue weighted by Crippen LogP contribution is -2.29. The molecule has 0 unspecified atom stereocenters. The van der Waals surface area contributed by atoms with Gasteiger partial charge in [-0.15, -0.1) is 0 Å². The summed E-state index contributed by atoms with van der Waals surface area (Å²) in [7, 11) is -1.43. The molecule has 0 spiro atoms. The highest BCUT2D eigenvalue weighted by atomic mass is 16.5. The third-order valence-corrected chi connectivity index (χ3v) is 1.85. The first-order valence-electron chi connectivity index (χ1n) is 4.43. The lowest BCUT2D eigenvalue weighted by molar-refractivity contribution is 0.299. The SMILES string of the molecule is C=C(OCC)c1ccc(B(O)O)cc1. The Kier molecular flexibility index (Phi) is 3.74. The van der Waals surface area contributed by atoms with Gasteiger partial charge in [-0.3, -0.25) is 0 Å². The molecular weight excluding hydrogens is 179 g/mol. The van der Waals surface area contributed by atoms with Crippen molar-refractivity contribution < 1.29 is 14.8 Å². The summed E-state index contributed by atoms with van der Waals surface area (Å²) in [4.78, 5) is 0. The zero-order valence-electron chi connectivity index (χ0n) is 8.10. The van der Waals surface area contributed by atoms with Gasteiger partial charge >= 0.3 is 7.12 Å². The Hall–Kier alpha value is -1.26. The van der Waals surface area contributed by atoms with E-state index in [-0.39, 0.29) is 0 Å². The van der Waals surface area contributed by atoms with E-state index >= 15 is 0 Å². The van der Waals surface area contributed by atoms with Gasteiger partial charge in [0.1, 0.15) is 5.76 Å². The topological polar surface area (TPSA) is 49.7 Å². The van der Waals surface area contributed by atoms with Crippen LogP contribution >= 0.6 is 0 Å². The van der Waals surface area contributed by atoms with Crippen molar-refractivity contribution in [2.45, 2.75) is 6.92 Å². The molecule has 0 heterocycles. The summed E-state index contributed by atoms with van der Waals surface area (Å²) in [6.45, 7) is 6.20. The van der Waals surface area contributed by atoms with Crippen LogP contribution in [0, 0.1) is 0 Å². The van der Waals surface area contributed by atoms with Gasteiger partial charge in [-0.1, -0.05) is 30.8 Å². The average Bonchev–Trinajstić information content (AvgIpc) is 2.18. The molecule has 0 aromatic heterocycles. The third kappa shape index (κ3) is 2.62. The van der Waals surface area contributed by atoms with Gasteiger partial charge < -0.3 is 14.8 Å². The van der Waals surface area contributed by atoms with E-state index in [9.17, 15) is 0 Å². The maximum absolute atomic E-state index is 8.86. The second kappa shape index (κ2) is 4.84. The van der Waals surface area contributed by atoms with Crippen LogP contribution in [0.1, 0.15) is 12.5 Å². The van der Waals surface area contributed by atoms with Gasteiger partial charge in [0.05, 0.1) is 6.61 Å². The van der Waals surface area contributed by atoms with Crippen molar-refractivity contribution in [1.29, 1.82) is 0 Å². The predicted octanol–water partition coefficient (Wildman–Crippen LogP) is 0.374. The maximum Gasteiger partial charge on any atom is 0.488 e. The fourth-order valence-electron chi connectivity index (χ4n) is 1.10. The second-order valence-electron chi connectivity index (χ2n) is 2.85. The molecule has 4 heteroatoms. The molecule has 1 aromatic carbocycles. The van der Waals surface area contributed by atoms with Crippen LogP contribution in [0.3, 0.4) is 0 Å². The van der Waals surface area contributed by atoms with Gasteiger partial charge in [0.2, 0.25) is 0 Å². The molecule has 74 valence electrons. The number of hydrogen-bond acceptors (Lipinski definition) is 3. The van der Waals surface area contributed by atoms with Crippen molar-refractivity contribution in [2.24, 2.45) is 0 Å². The average molecular weight is 192 g/mol. The maximum atomic E-state index is 8.86. The molecular formula is C10H13BO3. The van der Waals surface area contributed by atoms with Crippen molar-refractivity contribution in [1.82, 2.24) is 0 Å². The molecule has 0 saturated carbocycles. The number of benzene rings is 1. The zero-order chi connectivity index (χ0) is 10.6. The predicted molar refractivity (Wildman–Crippen MR) is 56.9 cm³/mol. The number of ether oxygens (including phenoxy) is 1. The van der Waals surface area contributed by atoms with E-state index < -0.39 is 7.12 Å². The smallest absolute Gasteiger partial charge is 0.488 e. The summed E-state index contributed by atoms with van der Waals surface area (Å²) in [6.07, 6.45) is 0. The quantitative estimate of drug-likeness (QED) is 0.535. The molecule has 0 atom stereocenters. The van der Waals surface area contributed by atoms with Gasteiger partial charge in [-0.2, -0.15) is 0 Å². The van der Waals surface area contributed by atoms with E-state index in [1.54, 1.807) is 24.3 Å². The first kappa shape index (κ1) is 10.8. The van der Waals surface area contributed by atoms with Crippen LogP contribution in [0.25, 0.3) is 5.76 Å². The van der Waals surface area contributed by atoms with Crippen LogP contribution in [0.15, 0.2) is 30.8 Å². The lowest BCUT2D eigenvalue weighted by Gasteiger charge is -2.07. The van der Waals surface area contributed by atoms with Gasteiger partial charge in [0.25, 0.3) is 0 Å². The Labute approximate surface area is 83.8 Å². The Balaban J connectivity index is 2.78. The van der Waals surface area contributed by atoms with Crippen molar-refractivity contribution in [3.63, 3.8) is 0 Å². The molecule has 1 aromatic rings. The van der Waals surface area contributed by atoms with Gasteiger partial charge in [0.15, 0.2) is 0 Å². The normalized spacial score (nSPS) is 9.64. The molecule has 2 N–H and O–H groups in total. The third-order valence-electron chi connectivity index (χ3n) is 1.85. The summed E-state index contributed by atoms with van der Waals surface area (Å²) in [5.41, 5.74) is 1.30. The molecule has 0 aliphatic carbocycles. The van der Waals surface area contributed by atoms with Crippen LogP contribution < -0.4 is 5.46 Å². The molecule has 3 nitrogen and oxygen atoms in total. The standard InChI is InChI=1S/C10H13BO3/c1-3-14-8(2)9-4-6-10(7-5-9)11(12)13/h4-7,12-13H,2-3H2,1H3. The van der Waals surface area contributed by atoms with E-state index in [0.717, 1.165) is 5.56 Å². The van der Waals surface area contributed by atoms with E-state index in [0.29, 0.717) is 17.8 Å². The minimum absolute atomic E-state index is 0.457. The van der Waals surface area contributed by atoms with Crippen LogP contribution in [-0.4, -0.2) is 23.8 Å². The number of rotatable bonds is 4. The Bertz CT molecular complexity index is 306. The molecule has 0 fully saturated rings. The van der Waals surface area contributed by atoms with Gasteiger partial charge in [-0.05, 0) is 12.4 Å².